The lowest BCUT2D eigenvalue weighted by Gasteiger charge is -2.37. The largest absolute Gasteiger partial charge is 0.426 e. The molecule has 246 valence electrons. The number of aliphatic hydroxyl groups is 1. The number of hydrogen-bond acceptors (Lipinski definition) is 5. The first kappa shape index (κ1) is 32.2. The fourth-order valence-corrected chi connectivity index (χ4v) is 6.38. The first-order valence-corrected chi connectivity index (χ1v) is 15.0. The van der Waals surface area contributed by atoms with E-state index in [0.717, 1.165) is 11.1 Å². The fourth-order valence-electron chi connectivity index (χ4n) is 6.38. The van der Waals surface area contributed by atoms with Crippen LogP contribution in [0.15, 0.2) is 83.9 Å². The van der Waals surface area contributed by atoms with Crippen molar-refractivity contribution in [3.8, 4) is 0 Å². The second kappa shape index (κ2) is 12.1. The van der Waals surface area contributed by atoms with E-state index in [0.29, 0.717) is 42.3 Å². The Balaban J connectivity index is 1.24. The number of carbonyl (C=O) groups excluding carboxylic acids is 1. The molecule has 0 aliphatic heterocycles. The van der Waals surface area contributed by atoms with Crippen molar-refractivity contribution in [2.45, 2.75) is 68.4 Å². The number of pyridine rings is 1. The van der Waals surface area contributed by atoms with Gasteiger partial charge in [-0.3, -0.25) is 9.59 Å². The molecule has 14 heteroatoms. The number of anilines is 1. The van der Waals surface area contributed by atoms with Crippen molar-refractivity contribution in [2.24, 2.45) is 0 Å². The van der Waals surface area contributed by atoms with E-state index in [9.17, 15) is 41.0 Å². The average molecular weight is 658 g/mol. The van der Waals surface area contributed by atoms with Crippen LogP contribution < -0.4 is 10.5 Å². The van der Waals surface area contributed by atoms with Gasteiger partial charge in [0.25, 0.3) is 17.1 Å². The van der Waals surface area contributed by atoms with Gasteiger partial charge in [0.15, 0.2) is 0 Å². The molecule has 3 heterocycles. The van der Waals surface area contributed by atoms with Crippen LogP contribution >= 0.6 is 0 Å². The summed E-state index contributed by atoms with van der Waals surface area (Å²) < 4.78 is 80.2. The van der Waals surface area contributed by atoms with Gasteiger partial charge in [0.05, 0.1) is 28.4 Å². The number of amides is 1. The van der Waals surface area contributed by atoms with Gasteiger partial charge in [-0.2, -0.15) is 36.5 Å². The van der Waals surface area contributed by atoms with Crippen molar-refractivity contribution in [1.29, 1.82) is 0 Å². The van der Waals surface area contributed by atoms with Crippen LogP contribution in [0.25, 0.3) is 16.3 Å². The number of halogens is 6. The maximum atomic E-state index is 14.2. The molecule has 0 bridgehead atoms. The number of alkyl halides is 6. The molecule has 5 aromatic rings. The predicted molar refractivity (Wildman–Crippen MR) is 161 cm³/mol. The number of nitrogens with one attached hydrogen (secondary N) is 1. The van der Waals surface area contributed by atoms with E-state index in [1.54, 1.807) is 17.0 Å². The number of nitrogens with zero attached hydrogens (tertiary/aromatic N) is 4. The molecule has 2 aromatic carbocycles. The van der Waals surface area contributed by atoms with E-state index >= 15 is 0 Å². The van der Waals surface area contributed by atoms with Gasteiger partial charge in [-0.1, -0.05) is 42.5 Å². The number of carbonyl (C=O) groups is 1. The fraction of sp³-hybridized carbons (Fsp3) is 0.333. The standard InChI is InChI=1S/C33H29F6N5O3/c34-32(35,36)31(47,33(37,38)39)17-16-20-10-15-27-26(18-40-43(27)19-20)30(46)44(22-6-2-1-3-7-22)23-13-11-21(12-14-23)28-24-8-4-5-9-25(24)29(45)42-41-28/h1-10,15,18-19,21,23,47H,11-14,16-17H2,(H,42,45)/t21-,23-. The first-order valence-electron chi connectivity index (χ1n) is 15.0. The van der Waals surface area contributed by atoms with E-state index in [1.807, 2.05) is 42.5 Å². The zero-order valence-corrected chi connectivity index (χ0v) is 24.7. The second-order valence-corrected chi connectivity index (χ2v) is 11.8. The van der Waals surface area contributed by atoms with E-state index in [4.69, 9.17) is 0 Å². The van der Waals surface area contributed by atoms with Crippen LogP contribution in [0.5, 0.6) is 0 Å². The molecule has 1 aliphatic rings. The number of aromatic amines is 1. The quantitative estimate of drug-likeness (QED) is 0.189. The Morgan fingerprint density at radius 3 is 2.19 bits per heavy atom. The van der Waals surface area contributed by atoms with Gasteiger partial charge in [-0.05, 0) is 68.4 Å². The molecule has 0 saturated heterocycles. The molecule has 1 aliphatic carbocycles. The van der Waals surface area contributed by atoms with Gasteiger partial charge < -0.3 is 10.0 Å². The highest BCUT2D eigenvalue weighted by Crippen LogP contribution is 2.46. The molecular weight excluding hydrogens is 628 g/mol. The molecule has 47 heavy (non-hydrogen) atoms. The topological polar surface area (TPSA) is 104 Å². The van der Waals surface area contributed by atoms with Crippen LogP contribution in [0.1, 0.15) is 59.6 Å². The number of hydrogen-bond donors (Lipinski definition) is 2. The molecule has 0 spiro atoms. The Bertz CT molecular complexity index is 1950. The van der Waals surface area contributed by atoms with Crippen LogP contribution in [0, 0.1) is 0 Å². The Morgan fingerprint density at radius 1 is 0.894 bits per heavy atom. The third-order valence-corrected chi connectivity index (χ3v) is 8.95. The normalized spacial score (nSPS) is 17.7. The monoisotopic (exact) mass is 657 g/mol. The van der Waals surface area contributed by atoms with E-state index < -0.39 is 30.8 Å². The summed E-state index contributed by atoms with van der Waals surface area (Å²) in [7, 11) is 0. The zero-order chi connectivity index (χ0) is 33.6. The molecule has 0 unspecified atom stereocenters. The number of rotatable bonds is 7. The van der Waals surface area contributed by atoms with E-state index in [1.165, 1.54) is 29.0 Å². The number of H-pyrrole nitrogens is 1. The van der Waals surface area contributed by atoms with Crippen molar-refractivity contribution in [1.82, 2.24) is 19.8 Å². The lowest BCUT2D eigenvalue weighted by Crippen LogP contribution is -2.57. The van der Waals surface area contributed by atoms with Crippen molar-refractivity contribution < 1.29 is 36.2 Å². The van der Waals surface area contributed by atoms with Crippen molar-refractivity contribution >= 4 is 27.9 Å². The molecule has 1 saturated carbocycles. The van der Waals surface area contributed by atoms with Crippen molar-refractivity contribution in [2.75, 3.05) is 4.90 Å². The number of benzene rings is 2. The maximum absolute atomic E-state index is 14.2. The Hall–Kier alpha value is -4.72. The molecule has 0 atom stereocenters. The number of aromatic nitrogens is 4. The molecule has 6 rings (SSSR count). The van der Waals surface area contributed by atoms with E-state index in [-0.39, 0.29) is 34.6 Å². The third kappa shape index (κ3) is 5.97. The summed E-state index contributed by atoms with van der Waals surface area (Å²) in [5.74, 6) is -0.304. The molecule has 0 radical (unpaired) electrons. The molecule has 1 fully saturated rings. The molecule has 1 amide bonds. The first-order chi connectivity index (χ1) is 22.3. The molecule has 3 aromatic heterocycles. The molecule has 2 N–H and O–H groups in total. The van der Waals surface area contributed by atoms with Gasteiger partial charge in [-0.25, -0.2) is 9.61 Å². The Morgan fingerprint density at radius 2 is 1.53 bits per heavy atom. The smallest absolute Gasteiger partial charge is 0.374 e. The van der Waals surface area contributed by atoms with Gasteiger partial charge in [0.2, 0.25) is 0 Å². The SMILES string of the molecule is O=C(c1cnn2cc(CCC(O)(C(F)(F)F)C(F)(F)F)ccc12)N(c1ccccc1)[C@H]1CC[C@H](c2n[nH]c(=O)c3ccccc32)CC1. The summed E-state index contributed by atoms with van der Waals surface area (Å²) >= 11 is 0. The van der Waals surface area contributed by atoms with Crippen molar-refractivity contribution in [3.63, 3.8) is 0 Å². The van der Waals surface area contributed by atoms with Gasteiger partial charge >= 0.3 is 12.4 Å². The van der Waals surface area contributed by atoms with Crippen LogP contribution in [0.3, 0.4) is 0 Å². The summed E-state index contributed by atoms with van der Waals surface area (Å²) in [6, 6.07) is 18.9. The predicted octanol–water partition coefficient (Wildman–Crippen LogP) is 6.73. The van der Waals surface area contributed by atoms with Crippen molar-refractivity contribution in [3.05, 3.63) is 106 Å². The van der Waals surface area contributed by atoms with Gasteiger partial charge in [0, 0.05) is 29.2 Å². The highest BCUT2D eigenvalue weighted by atomic mass is 19.4. The summed E-state index contributed by atoms with van der Waals surface area (Å²) in [5, 5.41) is 22.0. The summed E-state index contributed by atoms with van der Waals surface area (Å²) in [6.45, 7) is 0. The summed E-state index contributed by atoms with van der Waals surface area (Å²) in [6.07, 6.45) is -8.97. The molecular formula is C33H29F6N5O3. The average Bonchev–Trinajstić information content (AvgIpc) is 3.47. The lowest BCUT2D eigenvalue weighted by atomic mass is 9.82. The highest BCUT2D eigenvalue weighted by Gasteiger charge is 2.69. The van der Waals surface area contributed by atoms with Crippen LogP contribution in [-0.2, 0) is 6.42 Å². The van der Waals surface area contributed by atoms with Gasteiger partial charge in [-0.15, -0.1) is 0 Å². The van der Waals surface area contributed by atoms with Crippen LogP contribution in [-0.4, -0.2) is 54.8 Å². The highest BCUT2D eigenvalue weighted by molar-refractivity contribution is 6.10. The minimum atomic E-state index is -5.91. The Labute approximate surface area is 263 Å². The maximum Gasteiger partial charge on any atom is 0.426 e. The second-order valence-electron chi connectivity index (χ2n) is 11.8. The summed E-state index contributed by atoms with van der Waals surface area (Å²) in [4.78, 5) is 28.2. The lowest BCUT2D eigenvalue weighted by molar-refractivity contribution is -0.369. The van der Waals surface area contributed by atoms with Crippen LogP contribution in [0.4, 0.5) is 32.0 Å². The van der Waals surface area contributed by atoms with Gasteiger partial charge in [0.1, 0.15) is 0 Å². The number of para-hydroxylation sites is 1. The van der Waals surface area contributed by atoms with E-state index in [2.05, 4.69) is 15.3 Å². The minimum Gasteiger partial charge on any atom is -0.374 e. The minimum absolute atomic E-state index is 0.0588. The zero-order valence-electron chi connectivity index (χ0n) is 24.7. The molecule has 8 nitrogen and oxygen atoms in total. The van der Waals surface area contributed by atoms with Crippen LogP contribution in [0.2, 0.25) is 0 Å². The summed E-state index contributed by atoms with van der Waals surface area (Å²) in [5.41, 5.74) is -3.08. The number of fused-ring (bicyclic) bond motifs is 2. The number of aryl methyl sites for hydroxylation is 1. The third-order valence-electron chi connectivity index (χ3n) is 8.95. The Kier molecular flexibility index (Phi) is 8.32.